The maximum atomic E-state index is 12.6. The fraction of sp³-hybridized carbons (Fsp3) is 0.455. The Morgan fingerprint density at radius 3 is 2.68 bits per heavy atom. The van der Waals surface area contributed by atoms with Gasteiger partial charge in [0.2, 0.25) is 0 Å². The van der Waals surface area contributed by atoms with E-state index in [9.17, 15) is 9.00 Å². The fourth-order valence-corrected chi connectivity index (χ4v) is 5.79. The monoisotopic (exact) mass is 463 g/mol. The zero-order chi connectivity index (χ0) is 22.2. The molecule has 2 heterocycles. The number of nitrogens with zero attached hydrogens (tertiary/aromatic N) is 1. The number of rotatable bonds is 6. The van der Waals surface area contributed by atoms with E-state index in [2.05, 4.69) is 10.3 Å². The van der Waals surface area contributed by atoms with Gasteiger partial charge in [-0.2, -0.15) is 0 Å². The summed E-state index contributed by atoms with van der Waals surface area (Å²) in [6.07, 6.45) is 3.30. The van der Waals surface area contributed by atoms with Crippen molar-refractivity contribution < 1.29 is 17.8 Å². The number of hydrogen-bond donors (Lipinski definition) is 2. The maximum absolute atomic E-state index is 12.6. The topological polar surface area (TPSA) is 109 Å². The molecule has 1 saturated carbocycles. The second-order valence-electron chi connectivity index (χ2n) is 8.54. The minimum absolute atomic E-state index is 0.0205. The van der Waals surface area contributed by atoms with Crippen molar-refractivity contribution in [2.45, 2.75) is 56.6 Å². The molecule has 1 aromatic carbocycles. The molecule has 0 bridgehead atoms. The molecule has 7 nitrogen and oxygen atoms in total. The summed E-state index contributed by atoms with van der Waals surface area (Å²) in [6, 6.07) is 8.40. The Morgan fingerprint density at radius 2 is 1.97 bits per heavy atom. The molecule has 1 aliphatic carbocycles. The molecule has 166 valence electrons. The highest BCUT2D eigenvalue weighted by molar-refractivity contribution is 7.92. The molecule has 31 heavy (non-hydrogen) atoms. The first-order chi connectivity index (χ1) is 14.7. The van der Waals surface area contributed by atoms with Crippen LogP contribution in [0.15, 0.2) is 44.3 Å². The maximum Gasteiger partial charge on any atom is 0.287 e. The smallest absolute Gasteiger partial charge is 0.287 e. The predicted octanol–water partition coefficient (Wildman–Crippen LogP) is 5.59. The van der Waals surface area contributed by atoms with Crippen molar-refractivity contribution in [2.75, 3.05) is 5.75 Å². The number of nitrogens with one attached hydrogen (secondary N) is 2. The van der Waals surface area contributed by atoms with E-state index in [0.717, 1.165) is 36.8 Å². The Morgan fingerprint density at radius 1 is 1.23 bits per heavy atom. The van der Waals surface area contributed by atoms with Crippen LogP contribution in [0.25, 0.3) is 11.1 Å². The molecule has 0 radical (unpaired) electrons. The number of hydrogen-bond acceptors (Lipinski definition) is 6. The molecular weight excluding hydrogens is 438 g/mol. The molecule has 9 heteroatoms. The van der Waals surface area contributed by atoms with Crippen LogP contribution in [-0.4, -0.2) is 26.9 Å². The van der Waals surface area contributed by atoms with Gasteiger partial charge in [0.05, 0.1) is 0 Å². The molecule has 0 spiro atoms. The average Bonchev–Trinajstić information content (AvgIpc) is 3.35. The summed E-state index contributed by atoms with van der Waals surface area (Å²) in [5, 5.41) is 3.68. The Hall–Kier alpha value is -2.32. The van der Waals surface area contributed by atoms with Crippen molar-refractivity contribution >= 4 is 38.3 Å². The van der Waals surface area contributed by atoms with Crippen LogP contribution in [0, 0.1) is 10.7 Å². The van der Waals surface area contributed by atoms with E-state index >= 15 is 0 Å². The molecule has 1 amide bonds. The zero-order valence-corrected chi connectivity index (χ0v) is 19.1. The number of aromatic nitrogens is 1. The van der Waals surface area contributed by atoms with Gasteiger partial charge >= 0.3 is 0 Å². The third-order valence-electron chi connectivity index (χ3n) is 5.48. The number of fused-ring (bicyclic) bond motifs is 1. The van der Waals surface area contributed by atoms with Gasteiger partial charge in [0.25, 0.3) is 5.91 Å². The Kier molecular flexibility index (Phi) is 6.12. The average molecular weight is 464 g/mol. The molecule has 1 fully saturated rings. The van der Waals surface area contributed by atoms with Gasteiger partial charge < -0.3 is 14.2 Å². The highest BCUT2D eigenvalue weighted by Gasteiger charge is 2.28. The highest BCUT2D eigenvalue weighted by atomic mass is 35.5. The molecule has 2 N–H and O–H groups in total. The van der Waals surface area contributed by atoms with Crippen LogP contribution in [-0.2, 0) is 9.73 Å². The highest BCUT2D eigenvalue weighted by Crippen LogP contribution is 2.34. The lowest BCUT2D eigenvalue weighted by Crippen LogP contribution is -2.37. The first-order valence-electron chi connectivity index (χ1n) is 10.4. The number of carbonyl (C=O) groups is 1. The summed E-state index contributed by atoms with van der Waals surface area (Å²) in [5.74, 6) is 0.975. The number of carbonyl (C=O) groups excluding carboxylic acids is 1. The number of oxazole rings is 1. The first-order valence-corrected chi connectivity index (χ1v) is 12.5. The van der Waals surface area contributed by atoms with E-state index in [-0.39, 0.29) is 40.4 Å². The predicted molar refractivity (Wildman–Crippen MR) is 119 cm³/mol. The van der Waals surface area contributed by atoms with Gasteiger partial charge in [-0.25, -0.2) is 14.0 Å². The molecule has 2 aromatic heterocycles. The van der Waals surface area contributed by atoms with Crippen LogP contribution in [0.2, 0.25) is 5.02 Å². The normalized spacial score (nSPS) is 21.3. The first kappa shape index (κ1) is 21.9. The van der Waals surface area contributed by atoms with Crippen molar-refractivity contribution in [3.8, 4) is 0 Å². The van der Waals surface area contributed by atoms with Crippen LogP contribution in [0.5, 0.6) is 0 Å². The number of furan rings is 1. The van der Waals surface area contributed by atoms with Crippen molar-refractivity contribution in [3.05, 3.63) is 47.0 Å². The molecule has 1 atom stereocenters. The summed E-state index contributed by atoms with van der Waals surface area (Å²) in [7, 11) is -3.03. The van der Waals surface area contributed by atoms with E-state index in [1.165, 1.54) is 12.1 Å². The van der Waals surface area contributed by atoms with Crippen LogP contribution < -0.4 is 5.32 Å². The molecular formula is C22H26ClN3O4S. The number of halogens is 1. The van der Waals surface area contributed by atoms with Gasteiger partial charge in [-0.1, -0.05) is 25.4 Å². The Balaban J connectivity index is 1.35. The molecule has 0 saturated heterocycles. The Bertz CT molecular complexity index is 1190. The quantitative estimate of drug-likeness (QED) is 0.495. The summed E-state index contributed by atoms with van der Waals surface area (Å²) in [6.45, 7) is 3.80. The second kappa shape index (κ2) is 8.67. The van der Waals surface area contributed by atoms with Crippen LogP contribution in [0.3, 0.4) is 0 Å². The SMILES string of the molecule is CC(C)CS(=N)(=O)c1ccc(C(=O)NC2CCC(c3nc4cc(Cl)ccc4o3)CC2)o1. The zero-order valence-electron chi connectivity index (χ0n) is 17.5. The van der Waals surface area contributed by atoms with E-state index in [0.29, 0.717) is 10.9 Å². The van der Waals surface area contributed by atoms with Crippen molar-refractivity contribution in [1.29, 1.82) is 4.78 Å². The van der Waals surface area contributed by atoms with Crippen molar-refractivity contribution in [2.24, 2.45) is 5.92 Å². The standard InChI is InChI=1S/C22H26ClN3O4S/c1-13(2)12-31(24,28)20-10-9-19(29-20)21(27)25-16-6-3-14(4-7-16)22-26-17-11-15(23)5-8-18(17)30-22/h5,8-11,13-14,16,24H,3-4,6-7,12H2,1-2H3,(H,25,27). The van der Waals surface area contributed by atoms with Gasteiger partial charge in [0.1, 0.15) is 15.2 Å². The van der Waals surface area contributed by atoms with Crippen LogP contribution in [0.4, 0.5) is 0 Å². The second-order valence-corrected chi connectivity index (χ2v) is 11.1. The van der Waals surface area contributed by atoms with Crippen LogP contribution in [0.1, 0.15) is 61.9 Å². The van der Waals surface area contributed by atoms with E-state index < -0.39 is 9.73 Å². The van der Waals surface area contributed by atoms with Crippen LogP contribution >= 0.6 is 11.6 Å². The lowest BCUT2D eigenvalue weighted by molar-refractivity contribution is 0.0891. The molecule has 1 unspecified atom stereocenters. The minimum atomic E-state index is -3.03. The largest absolute Gasteiger partial charge is 0.441 e. The molecule has 0 aliphatic heterocycles. The Labute approximate surface area is 186 Å². The van der Waals surface area contributed by atoms with E-state index in [4.69, 9.17) is 25.2 Å². The third-order valence-corrected chi connectivity index (χ3v) is 7.72. The van der Waals surface area contributed by atoms with Crippen molar-refractivity contribution in [3.63, 3.8) is 0 Å². The summed E-state index contributed by atoms with van der Waals surface area (Å²) < 4.78 is 31.9. The van der Waals surface area contributed by atoms with Gasteiger partial charge in [0.15, 0.2) is 22.3 Å². The van der Waals surface area contributed by atoms with E-state index in [1.807, 2.05) is 19.9 Å². The lowest BCUT2D eigenvalue weighted by Gasteiger charge is -2.27. The third kappa shape index (κ3) is 4.96. The minimum Gasteiger partial charge on any atom is -0.441 e. The molecule has 3 aromatic rings. The van der Waals surface area contributed by atoms with Crippen molar-refractivity contribution in [1.82, 2.24) is 10.3 Å². The van der Waals surface area contributed by atoms with Gasteiger partial charge in [-0.05, 0) is 61.9 Å². The van der Waals surface area contributed by atoms with E-state index in [1.54, 1.807) is 12.1 Å². The van der Waals surface area contributed by atoms with Gasteiger partial charge in [-0.3, -0.25) is 4.79 Å². The summed E-state index contributed by atoms with van der Waals surface area (Å²) in [4.78, 5) is 17.2. The number of amides is 1. The summed E-state index contributed by atoms with van der Waals surface area (Å²) >= 11 is 6.02. The number of benzene rings is 1. The fourth-order valence-electron chi connectivity index (χ4n) is 4.01. The van der Waals surface area contributed by atoms with Gasteiger partial charge in [-0.15, -0.1) is 0 Å². The lowest BCUT2D eigenvalue weighted by atomic mass is 9.86. The molecule has 1 aliphatic rings. The summed E-state index contributed by atoms with van der Waals surface area (Å²) in [5.41, 5.74) is 1.49. The molecule has 4 rings (SSSR count). The van der Waals surface area contributed by atoms with Gasteiger partial charge in [0, 0.05) is 22.7 Å².